The Morgan fingerprint density at radius 2 is 2.12 bits per heavy atom. The van der Waals surface area contributed by atoms with E-state index in [2.05, 4.69) is 31.9 Å². The van der Waals surface area contributed by atoms with Gasteiger partial charge in [0.25, 0.3) is 0 Å². The van der Waals surface area contributed by atoms with Gasteiger partial charge in [0.2, 0.25) is 0 Å². The molecule has 2 rings (SSSR count). The van der Waals surface area contributed by atoms with Gasteiger partial charge < -0.3 is 0 Å². The van der Waals surface area contributed by atoms with Crippen LogP contribution in [0.4, 0.5) is 0 Å². The summed E-state index contributed by atoms with van der Waals surface area (Å²) in [5, 5.41) is 0.666. The molecular weight excluding hydrogens is 391 g/mol. The second-order valence-electron chi connectivity index (χ2n) is 4.23. The normalized spacial score (nSPS) is 24.8. The zero-order chi connectivity index (χ0) is 12.6. The molecule has 1 aliphatic heterocycles. The van der Waals surface area contributed by atoms with Crippen molar-refractivity contribution in [3.63, 3.8) is 0 Å². The van der Waals surface area contributed by atoms with Crippen molar-refractivity contribution in [3.8, 4) is 0 Å². The summed E-state index contributed by atoms with van der Waals surface area (Å²) in [6.45, 7) is 0. The molecule has 1 aromatic rings. The highest BCUT2D eigenvalue weighted by molar-refractivity contribution is 9.10. The van der Waals surface area contributed by atoms with E-state index in [4.69, 9.17) is 11.6 Å². The molecule has 6 heteroatoms. The number of sulfone groups is 1. The van der Waals surface area contributed by atoms with Gasteiger partial charge in [-0.15, -0.1) is 0 Å². The lowest BCUT2D eigenvalue weighted by molar-refractivity contribution is 0.580. The van der Waals surface area contributed by atoms with Crippen LogP contribution in [0, 0.1) is 5.92 Å². The van der Waals surface area contributed by atoms with E-state index in [0.717, 1.165) is 10.0 Å². The Morgan fingerprint density at radius 3 is 2.71 bits per heavy atom. The van der Waals surface area contributed by atoms with Gasteiger partial charge in [0, 0.05) is 14.3 Å². The Bertz CT molecular complexity index is 530. The molecule has 2 atom stereocenters. The molecule has 17 heavy (non-hydrogen) atoms. The molecule has 0 bridgehead atoms. The average Bonchev–Trinajstić information content (AvgIpc) is 2.61. The predicted octanol–water partition coefficient (Wildman–Crippen LogP) is 3.97. The second kappa shape index (κ2) is 5.19. The number of benzene rings is 1. The predicted molar refractivity (Wildman–Crippen MR) is 77.6 cm³/mol. The van der Waals surface area contributed by atoms with Crippen molar-refractivity contribution in [1.29, 1.82) is 0 Å². The lowest BCUT2D eigenvalue weighted by Gasteiger charge is -2.18. The molecule has 94 valence electrons. The fourth-order valence-corrected chi connectivity index (χ4v) is 5.70. The maximum absolute atomic E-state index is 11.5. The van der Waals surface area contributed by atoms with E-state index in [0.29, 0.717) is 11.4 Å². The summed E-state index contributed by atoms with van der Waals surface area (Å²) in [6, 6.07) is 5.63. The largest absolute Gasteiger partial charge is 0.229 e. The van der Waals surface area contributed by atoms with E-state index in [1.165, 1.54) is 0 Å². The van der Waals surface area contributed by atoms with Crippen LogP contribution < -0.4 is 0 Å². The van der Waals surface area contributed by atoms with Crippen LogP contribution in [0.15, 0.2) is 22.7 Å². The summed E-state index contributed by atoms with van der Waals surface area (Å²) in [7, 11) is -2.86. The fraction of sp³-hybridized carbons (Fsp3) is 0.455. The highest BCUT2D eigenvalue weighted by Gasteiger charge is 2.33. The second-order valence-corrected chi connectivity index (χ2v) is 8.77. The Labute approximate surface area is 123 Å². The molecule has 1 saturated heterocycles. The third-order valence-corrected chi connectivity index (χ3v) is 6.81. The molecule has 1 fully saturated rings. The Balaban J connectivity index is 2.26. The van der Waals surface area contributed by atoms with Crippen LogP contribution in [0.5, 0.6) is 0 Å². The minimum Gasteiger partial charge on any atom is -0.229 e. The minimum atomic E-state index is -2.86. The zero-order valence-electron chi connectivity index (χ0n) is 8.87. The van der Waals surface area contributed by atoms with E-state index in [1.807, 2.05) is 18.2 Å². The summed E-state index contributed by atoms with van der Waals surface area (Å²) in [6.07, 6.45) is 0.696. The molecule has 1 heterocycles. The first-order valence-corrected chi connectivity index (χ1v) is 9.09. The number of alkyl halides is 1. The summed E-state index contributed by atoms with van der Waals surface area (Å²) in [4.78, 5) is -0.00947. The summed E-state index contributed by atoms with van der Waals surface area (Å²) < 4.78 is 23.9. The molecule has 0 spiro atoms. The number of rotatable bonds is 2. The van der Waals surface area contributed by atoms with Crippen LogP contribution in [0.3, 0.4) is 0 Å². The molecule has 0 aromatic heterocycles. The van der Waals surface area contributed by atoms with Gasteiger partial charge in [0.1, 0.15) is 0 Å². The quantitative estimate of drug-likeness (QED) is 0.702. The molecule has 1 aromatic carbocycles. The average molecular weight is 403 g/mol. The van der Waals surface area contributed by atoms with Gasteiger partial charge in [-0.2, -0.15) is 0 Å². The van der Waals surface area contributed by atoms with Crippen LogP contribution in [-0.2, 0) is 9.84 Å². The van der Waals surface area contributed by atoms with Crippen LogP contribution in [-0.4, -0.2) is 19.9 Å². The van der Waals surface area contributed by atoms with Crippen molar-refractivity contribution in [2.75, 3.05) is 11.5 Å². The van der Waals surface area contributed by atoms with E-state index in [1.54, 1.807) is 0 Å². The van der Waals surface area contributed by atoms with E-state index in [9.17, 15) is 8.42 Å². The van der Waals surface area contributed by atoms with Gasteiger partial charge in [-0.05, 0) is 36.1 Å². The molecule has 2 unspecified atom stereocenters. The van der Waals surface area contributed by atoms with Crippen molar-refractivity contribution in [2.24, 2.45) is 5.92 Å². The first kappa shape index (κ1) is 13.8. The summed E-state index contributed by atoms with van der Waals surface area (Å²) in [5.74, 6) is 0.628. The molecular formula is C11H11Br2ClO2S. The van der Waals surface area contributed by atoms with Gasteiger partial charge in [0.15, 0.2) is 9.84 Å². The molecule has 1 aliphatic rings. The molecule has 2 nitrogen and oxygen atoms in total. The fourth-order valence-electron chi connectivity index (χ4n) is 2.03. The lowest BCUT2D eigenvalue weighted by Crippen LogP contribution is -2.10. The van der Waals surface area contributed by atoms with Gasteiger partial charge in [-0.1, -0.05) is 43.5 Å². The highest BCUT2D eigenvalue weighted by Crippen LogP contribution is 2.41. The molecule has 0 saturated carbocycles. The van der Waals surface area contributed by atoms with Crippen LogP contribution in [0.1, 0.15) is 16.8 Å². The van der Waals surface area contributed by atoms with Crippen LogP contribution in [0.25, 0.3) is 0 Å². The molecule has 0 aliphatic carbocycles. The van der Waals surface area contributed by atoms with Gasteiger partial charge >= 0.3 is 0 Å². The Kier molecular flexibility index (Phi) is 4.23. The highest BCUT2D eigenvalue weighted by atomic mass is 79.9. The zero-order valence-corrected chi connectivity index (χ0v) is 13.6. The van der Waals surface area contributed by atoms with Crippen LogP contribution in [0.2, 0.25) is 5.02 Å². The molecule has 0 N–H and O–H groups in total. The van der Waals surface area contributed by atoms with Crippen molar-refractivity contribution in [2.45, 2.75) is 11.2 Å². The maximum atomic E-state index is 11.5. The maximum Gasteiger partial charge on any atom is 0.150 e. The monoisotopic (exact) mass is 400 g/mol. The first-order valence-electron chi connectivity index (χ1n) is 5.18. The van der Waals surface area contributed by atoms with Gasteiger partial charge in [-0.3, -0.25) is 0 Å². The number of hydrogen-bond acceptors (Lipinski definition) is 2. The smallest absolute Gasteiger partial charge is 0.150 e. The number of hydrogen-bond donors (Lipinski definition) is 0. The van der Waals surface area contributed by atoms with E-state index >= 15 is 0 Å². The van der Waals surface area contributed by atoms with Crippen molar-refractivity contribution >= 4 is 53.3 Å². The Hall–Kier alpha value is 0.420. The minimum absolute atomic E-state index is 0.00947. The summed E-state index contributed by atoms with van der Waals surface area (Å²) in [5.41, 5.74) is 0.947. The Morgan fingerprint density at radius 1 is 1.41 bits per heavy atom. The first-order chi connectivity index (χ1) is 7.89. The standard InChI is InChI=1S/C11H11Br2ClO2S/c12-8-1-2-10(14)9(5-8)11(13)7-3-4-17(15,16)6-7/h1-2,5,7,11H,3-4,6H2. The SMILES string of the molecule is O=S1(=O)CCC(C(Br)c2cc(Br)ccc2Cl)C1. The lowest BCUT2D eigenvalue weighted by atomic mass is 9.99. The number of halogens is 3. The third-order valence-electron chi connectivity index (χ3n) is 2.94. The topological polar surface area (TPSA) is 34.1 Å². The van der Waals surface area contributed by atoms with Gasteiger partial charge in [-0.25, -0.2) is 8.42 Å². The van der Waals surface area contributed by atoms with Crippen LogP contribution >= 0.6 is 43.5 Å². The third kappa shape index (κ3) is 3.25. The van der Waals surface area contributed by atoms with Crippen molar-refractivity contribution in [3.05, 3.63) is 33.3 Å². The summed E-state index contributed by atoms with van der Waals surface area (Å²) >= 11 is 13.1. The van der Waals surface area contributed by atoms with Gasteiger partial charge in [0.05, 0.1) is 11.5 Å². The van der Waals surface area contributed by atoms with E-state index < -0.39 is 9.84 Å². The molecule has 0 amide bonds. The van der Waals surface area contributed by atoms with Crippen molar-refractivity contribution < 1.29 is 8.42 Å². The van der Waals surface area contributed by atoms with E-state index in [-0.39, 0.29) is 22.3 Å². The van der Waals surface area contributed by atoms with Crippen molar-refractivity contribution in [1.82, 2.24) is 0 Å². The molecule has 0 radical (unpaired) electrons.